The molecule has 3 rings (SSSR count). The number of aryl methyl sites for hydroxylation is 1. The second-order valence-electron chi connectivity index (χ2n) is 10.3. The Kier molecular flexibility index (Phi) is 9.27. The van der Waals surface area contributed by atoms with E-state index >= 15 is 0 Å². The molecule has 38 heavy (non-hydrogen) atoms. The Morgan fingerprint density at radius 1 is 1.13 bits per heavy atom. The highest BCUT2D eigenvalue weighted by atomic mass is 35.5. The number of nitrogens with zero attached hydrogens (tertiary/aromatic N) is 4. The molecule has 0 bridgehead atoms. The molecule has 202 valence electrons. The highest BCUT2D eigenvalue weighted by Gasteiger charge is 2.25. The van der Waals surface area contributed by atoms with Crippen molar-refractivity contribution in [3.63, 3.8) is 0 Å². The summed E-state index contributed by atoms with van der Waals surface area (Å²) in [6.07, 6.45) is 2.53. The molecule has 0 unspecified atom stereocenters. The van der Waals surface area contributed by atoms with Gasteiger partial charge in [-0.2, -0.15) is 5.10 Å². The van der Waals surface area contributed by atoms with Crippen molar-refractivity contribution >= 4 is 34.9 Å². The van der Waals surface area contributed by atoms with Gasteiger partial charge < -0.3 is 10.2 Å². The third-order valence-corrected chi connectivity index (χ3v) is 6.35. The number of carbonyl (C=O) groups is 2. The normalized spacial score (nSPS) is 11.3. The molecule has 1 N–H and O–H groups in total. The number of aromatic nitrogens is 2. The number of nitro benzene ring substituents is 1. The topological polar surface area (TPSA) is 110 Å². The summed E-state index contributed by atoms with van der Waals surface area (Å²) in [6.45, 7) is 10.3. The van der Waals surface area contributed by atoms with Crippen molar-refractivity contribution in [2.75, 3.05) is 18.4 Å². The number of nitro groups is 1. The first kappa shape index (κ1) is 28.8. The third kappa shape index (κ3) is 7.19. The molecule has 0 atom stereocenters. The summed E-state index contributed by atoms with van der Waals surface area (Å²) in [6, 6.07) is 13.4. The summed E-state index contributed by atoms with van der Waals surface area (Å²) in [5, 5.41) is 18.7. The van der Waals surface area contributed by atoms with Crippen LogP contribution in [0.2, 0.25) is 5.02 Å². The Balaban J connectivity index is 1.88. The minimum Gasteiger partial charge on any atom is -0.329 e. The van der Waals surface area contributed by atoms with Crippen LogP contribution in [0, 0.1) is 17.0 Å². The van der Waals surface area contributed by atoms with E-state index in [9.17, 15) is 19.7 Å². The fourth-order valence-electron chi connectivity index (χ4n) is 3.92. The lowest BCUT2D eigenvalue weighted by molar-refractivity contribution is -0.384. The highest BCUT2D eigenvalue weighted by Crippen LogP contribution is 2.27. The van der Waals surface area contributed by atoms with E-state index in [2.05, 4.69) is 5.32 Å². The zero-order chi connectivity index (χ0) is 28.0. The minimum absolute atomic E-state index is 0.0301. The standard InChI is InChI=1S/C28H34ClN5O4/c1-6-7-8-14-32(27(36)22-13-12-21(34(37)38)16-23(22)29)18-26(35)30-25-17-24(28(3,4)5)31-33(25)20-11-9-10-19(2)15-20/h9-13,15-17H,6-8,14,18H2,1-5H3,(H,30,35). The zero-order valence-electron chi connectivity index (χ0n) is 22.5. The van der Waals surface area contributed by atoms with Gasteiger partial charge in [0.15, 0.2) is 0 Å². The molecular formula is C28H34ClN5O4. The lowest BCUT2D eigenvalue weighted by Gasteiger charge is -2.23. The van der Waals surface area contributed by atoms with Crippen molar-refractivity contribution < 1.29 is 14.5 Å². The van der Waals surface area contributed by atoms with Gasteiger partial charge in [0, 0.05) is 30.2 Å². The van der Waals surface area contributed by atoms with E-state index in [-0.39, 0.29) is 34.1 Å². The van der Waals surface area contributed by atoms with Crippen LogP contribution in [-0.2, 0) is 10.2 Å². The Hall–Kier alpha value is -3.72. The van der Waals surface area contributed by atoms with Crippen LogP contribution >= 0.6 is 11.6 Å². The largest absolute Gasteiger partial charge is 0.329 e. The van der Waals surface area contributed by atoms with Gasteiger partial charge >= 0.3 is 0 Å². The SMILES string of the molecule is CCCCCN(CC(=O)Nc1cc(C(C)(C)C)nn1-c1cccc(C)c1)C(=O)c1ccc([N+](=O)[O-])cc1Cl. The number of unbranched alkanes of at least 4 members (excludes halogenated alkanes) is 2. The molecular weight excluding hydrogens is 506 g/mol. The first-order valence-corrected chi connectivity index (χ1v) is 13.0. The van der Waals surface area contributed by atoms with E-state index in [1.54, 1.807) is 4.68 Å². The van der Waals surface area contributed by atoms with Crippen LogP contribution in [0.5, 0.6) is 0 Å². The van der Waals surface area contributed by atoms with Crippen LogP contribution in [0.25, 0.3) is 5.69 Å². The number of benzene rings is 2. The van der Waals surface area contributed by atoms with Crippen LogP contribution in [-0.4, -0.2) is 44.5 Å². The monoisotopic (exact) mass is 539 g/mol. The van der Waals surface area contributed by atoms with Crippen LogP contribution < -0.4 is 5.32 Å². The third-order valence-electron chi connectivity index (χ3n) is 6.04. The Morgan fingerprint density at radius 3 is 2.47 bits per heavy atom. The molecule has 0 spiro atoms. The molecule has 2 amide bonds. The molecule has 0 saturated heterocycles. The summed E-state index contributed by atoms with van der Waals surface area (Å²) in [7, 11) is 0. The van der Waals surface area contributed by atoms with E-state index in [1.807, 2.05) is 65.0 Å². The molecule has 3 aromatic rings. The molecule has 10 heteroatoms. The van der Waals surface area contributed by atoms with Gasteiger partial charge in [0.25, 0.3) is 11.6 Å². The summed E-state index contributed by atoms with van der Waals surface area (Å²) in [4.78, 5) is 38.5. The van der Waals surface area contributed by atoms with Crippen molar-refractivity contribution in [2.24, 2.45) is 0 Å². The minimum atomic E-state index is -0.574. The van der Waals surface area contributed by atoms with Crippen LogP contribution in [0.1, 0.15) is 68.6 Å². The number of anilines is 1. The zero-order valence-corrected chi connectivity index (χ0v) is 23.2. The van der Waals surface area contributed by atoms with E-state index in [0.717, 1.165) is 35.9 Å². The molecule has 0 aliphatic heterocycles. The fraction of sp³-hybridized carbons (Fsp3) is 0.393. The van der Waals surface area contributed by atoms with Crippen molar-refractivity contribution in [1.29, 1.82) is 0 Å². The second-order valence-corrected chi connectivity index (χ2v) is 10.7. The van der Waals surface area contributed by atoms with Gasteiger partial charge in [-0.15, -0.1) is 0 Å². The molecule has 0 aliphatic carbocycles. The van der Waals surface area contributed by atoms with Crippen molar-refractivity contribution in [3.8, 4) is 5.69 Å². The average Bonchev–Trinajstić information content (AvgIpc) is 3.27. The summed E-state index contributed by atoms with van der Waals surface area (Å²) in [5.74, 6) is -0.347. The van der Waals surface area contributed by atoms with Gasteiger partial charge in [-0.05, 0) is 37.1 Å². The molecule has 9 nitrogen and oxygen atoms in total. The summed E-state index contributed by atoms with van der Waals surface area (Å²) < 4.78 is 1.70. The molecule has 0 radical (unpaired) electrons. The van der Waals surface area contributed by atoms with Crippen molar-refractivity contribution in [3.05, 3.63) is 80.5 Å². The summed E-state index contributed by atoms with van der Waals surface area (Å²) >= 11 is 6.22. The first-order chi connectivity index (χ1) is 17.9. The fourth-order valence-corrected chi connectivity index (χ4v) is 4.17. The number of carbonyl (C=O) groups excluding carboxylic acids is 2. The Bertz CT molecular complexity index is 1330. The number of hydrogen-bond donors (Lipinski definition) is 1. The number of hydrogen-bond acceptors (Lipinski definition) is 5. The van der Waals surface area contributed by atoms with Crippen molar-refractivity contribution in [1.82, 2.24) is 14.7 Å². The lowest BCUT2D eigenvalue weighted by Crippen LogP contribution is -2.39. The van der Waals surface area contributed by atoms with Crippen molar-refractivity contribution in [2.45, 2.75) is 59.3 Å². The maximum Gasteiger partial charge on any atom is 0.270 e. The molecule has 0 fully saturated rings. The maximum absolute atomic E-state index is 13.4. The van der Waals surface area contributed by atoms with Crippen LogP contribution in [0.15, 0.2) is 48.5 Å². The highest BCUT2D eigenvalue weighted by molar-refractivity contribution is 6.34. The molecule has 0 aliphatic rings. The summed E-state index contributed by atoms with van der Waals surface area (Å²) in [5.41, 5.74) is 2.33. The number of non-ortho nitro benzene ring substituents is 1. The van der Waals surface area contributed by atoms with Gasteiger partial charge in [-0.25, -0.2) is 4.68 Å². The number of nitrogens with one attached hydrogen (secondary N) is 1. The predicted molar refractivity (Wildman–Crippen MR) is 149 cm³/mol. The van der Waals surface area contributed by atoms with Gasteiger partial charge in [-0.3, -0.25) is 19.7 Å². The quantitative estimate of drug-likeness (QED) is 0.184. The molecule has 1 aromatic heterocycles. The number of amides is 2. The van der Waals surface area contributed by atoms with E-state index < -0.39 is 10.8 Å². The Labute approximate surface area is 227 Å². The van der Waals surface area contributed by atoms with E-state index in [0.29, 0.717) is 18.8 Å². The van der Waals surface area contributed by atoms with Crippen LogP contribution in [0.4, 0.5) is 11.5 Å². The van der Waals surface area contributed by atoms with E-state index in [4.69, 9.17) is 16.7 Å². The average molecular weight is 540 g/mol. The van der Waals surface area contributed by atoms with Crippen LogP contribution in [0.3, 0.4) is 0 Å². The van der Waals surface area contributed by atoms with Gasteiger partial charge in [0.1, 0.15) is 12.4 Å². The Morgan fingerprint density at radius 2 is 1.87 bits per heavy atom. The van der Waals surface area contributed by atoms with E-state index in [1.165, 1.54) is 17.0 Å². The molecule has 0 saturated carbocycles. The lowest BCUT2D eigenvalue weighted by atomic mass is 9.92. The second kappa shape index (κ2) is 12.2. The molecule has 2 aromatic carbocycles. The number of halogens is 1. The molecule has 1 heterocycles. The smallest absolute Gasteiger partial charge is 0.270 e. The maximum atomic E-state index is 13.4. The van der Waals surface area contributed by atoms with Gasteiger partial charge in [-0.1, -0.05) is 64.3 Å². The van der Waals surface area contributed by atoms with Gasteiger partial charge in [0.2, 0.25) is 5.91 Å². The first-order valence-electron chi connectivity index (χ1n) is 12.6. The number of rotatable bonds is 10. The predicted octanol–water partition coefficient (Wildman–Crippen LogP) is 6.31. The van der Waals surface area contributed by atoms with Gasteiger partial charge in [0.05, 0.1) is 26.9 Å².